The minimum atomic E-state index is -1.54. The van der Waals surface area contributed by atoms with Crippen molar-refractivity contribution >= 4 is 28.6 Å². The predicted molar refractivity (Wildman–Crippen MR) is 53.6 cm³/mol. The second kappa shape index (κ2) is 4.18. The maximum absolute atomic E-state index is 13.1. The number of rotatable bonds is 2. The summed E-state index contributed by atoms with van der Waals surface area (Å²) in [4.78, 5) is 10.4. The van der Waals surface area contributed by atoms with Gasteiger partial charge >= 0.3 is 5.97 Å². The van der Waals surface area contributed by atoms with E-state index in [-0.39, 0.29) is 9.13 Å². The molecular formula is C8H6F2INO2. The van der Waals surface area contributed by atoms with Crippen LogP contribution in [0.5, 0.6) is 0 Å². The van der Waals surface area contributed by atoms with Crippen molar-refractivity contribution in [1.82, 2.24) is 0 Å². The lowest BCUT2D eigenvalue weighted by atomic mass is 10.1. The van der Waals surface area contributed by atoms with Crippen LogP contribution in [0.2, 0.25) is 0 Å². The van der Waals surface area contributed by atoms with Gasteiger partial charge in [0.1, 0.15) is 17.7 Å². The molecule has 1 aromatic carbocycles. The van der Waals surface area contributed by atoms with Gasteiger partial charge in [-0.25, -0.2) is 8.78 Å². The van der Waals surface area contributed by atoms with Gasteiger partial charge in [0, 0.05) is 5.56 Å². The SMILES string of the molecule is N[C@H](C(=O)O)c1cc(F)c(I)cc1F. The van der Waals surface area contributed by atoms with Crippen LogP contribution in [-0.4, -0.2) is 11.1 Å². The van der Waals surface area contributed by atoms with Crippen molar-refractivity contribution in [3.8, 4) is 0 Å². The molecule has 0 aliphatic carbocycles. The number of carboxylic acids is 1. The standard InChI is InChI=1S/C8H6F2INO2/c9-4-2-6(11)5(10)1-3(4)7(12)8(13)14/h1-2,7H,12H2,(H,13,14)/t7-/m0/s1. The van der Waals surface area contributed by atoms with Crippen molar-refractivity contribution in [1.29, 1.82) is 0 Å². The Labute approximate surface area is 92.0 Å². The topological polar surface area (TPSA) is 63.3 Å². The van der Waals surface area contributed by atoms with Crippen molar-refractivity contribution in [3.63, 3.8) is 0 Å². The zero-order valence-corrected chi connectivity index (χ0v) is 8.96. The van der Waals surface area contributed by atoms with Crippen molar-refractivity contribution in [3.05, 3.63) is 32.9 Å². The molecule has 1 atom stereocenters. The van der Waals surface area contributed by atoms with Crippen molar-refractivity contribution < 1.29 is 18.7 Å². The quantitative estimate of drug-likeness (QED) is 0.645. The van der Waals surface area contributed by atoms with Crippen molar-refractivity contribution in [2.75, 3.05) is 0 Å². The number of carboxylic acid groups (broad SMARTS) is 1. The Balaban J connectivity index is 3.22. The van der Waals surface area contributed by atoms with E-state index in [0.29, 0.717) is 0 Å². The van der Waals surface area contributed by atoms with Gasteiger partial charge in [0.15, 0.2) is 0 Å². The average molecular weight is 313 g/mol. The Morgan fingerprint density at radius 3 is 2.50 bits per heavy atom. The molecule has 76 valence electrons. The minimum Gasteiger partial charge on any atom is -0.480 e. The van der Waals surface area contributed by atoms with E-state index in [0.717, 1.165) is 12.1 Å². The second-order valence-corrected chi connectivity index (χ2v) is 3.77. The highest BCUT2D eigenvalue weighted by atomic mass is 127. The number of aliphatic carboxylic acids is 1. The molecule has 3 N–H and O–H groups in total. The first kappa shape index (κ1) is 11.3. The highest BCUT2D eigenvalue weighted by molar-refractivity contribution is 14.1. The first-order valence-electron chi connectivity index (χ1n) is 3.56. The van der Waals surface area contributed by atoms with Crippen LogP contribution in [0, 0.1) is 15.2 Å². The molecule has 0 aromatic heterocycles. The summed E-state index contributed by atoms with van der Waals surface area (Å²) in [6.07, 6.45) is 0. The number of nitrogens with two attached hydrogens (primary N) is 1. The van der Waals surface area contributed by atoms with E-state index in [1.165, 1.54) is 0 Å². The van der Waals surface area contributed by atoms with Crippen LogP contribution < -0.4 is 5.73 Å². The van der Waals surface area contributed by atoms with Gasteiger partial charge in [-0.15, -0.1) is 0 Å². The molecule has 3 nitrogen and oxygen atoms in total. The molecule has 0 aliphatic heterocycles. The summed E-state index contributed by atoms with van der Waals surface area (Å²) in [6.45, 7) is 0. The molecular weight excluding hydrogens is 307 g/mol. The Kier molecular flexibility index (Phi) is 3.38. The van der Waals surface area contributed by atoms with Gasteiger partial charge in [0.05, 0.1) is 3.57 Å². The third-order valence-corrected chi connectivity index (χ3v) is 2.47. The van der Waals surface area contributed by atoms with Crippen LogP contribution in [0.4, 0.5) is 8.78 Å². The average Bonchev–Trinajstić information content (AvgIpc) is 2.10. The van der Waals surface area contributed by atoms with Gasteiger partial charge in [-0.05, 0) is 34.7 Å². The molecule has 0 radical (unpaired) electrons. The van der Waals surface area contributed by atoms with Gasteiger partial charge in [0.2, 0.25) is 0 Å². The van der Waals surface area contributed by atoms with E-state index in [1.54, 1.807) is 22.6 Å². The van der Waals surface area contributed by atoms with E-state index in [1.807, 2.05) is 0 Å². The van der Waals surface area contributed by atoms with Crippen LogP contribution in [0.25, 0.3) is 0 Å². The van der Waals surface area contributed by atoms with Gasteiger partial charge in [-0.2, -0.15) is 0 Å². The number of hydrogen-bond acceptors (Lipinski definition) is 2. The lowest BCUT2D eigenvalue weighted by Gasteiger charge is -2.08. The van der Waals surface area contributed by atoms with Crippen LogP contribution >= 0.6 is 22.6 Å². The molecule has 6 heteroatoms. The zero-order valence-electron chi connectivity index (χ0n) is 6.80. The lowest BCUT2D eigenvalue weighted by molar-refractivity contribution is -0.138. The fourth-order valence-corrected chi connectivity index (χ4v) is 1.34. The third kappa shape index (κ3) is 2.18. The minimum absolute atomic E-state index is 0.0847. The van der Waals surface area contributed by atoms with Crippen LogP contribution in [-0.2, 0) is 4.79 Å². The fourth-order valence-electron chi connectivity index (χ4n) is 0.909. The van der Waals surface area contributed by atoms with Crippen LogP contribution in [0.15, 0.2) is 12.1 Å². The highest BCUT2D eigenvalue weighted by Gasteiger charge is 2.20. The van der Waals surface area contributed by atoms with E-state index >= 15 is 0 Å². The normalized spacial score (nSPS) is 12.6. The maximum atomic E-state index is 13.1. The Morgan fingerprint density at radius 2 is 2.00 bits per heavy atom. The number of hydrogen-bond donors (Lipinski definition) is 2. The van der Waals surface area contributed by atoms with Gasteiger partial charge in [-0.3, -0.25) is 4.79 Å². The Bertz CT molecular complexity index is 384. The Morgan fingerprint density at radius 1 is 1.43 bits per heavy atom. The van der Waals surface area contributed by atoms with Crippen molar-refractivity contribution in [2.45, 2.75) is 6.04 Å². The summed E-state index contributed by atoms with van der Waals surface area (Å²) < 4.78 is 26.2. The fraction of sp³-hybridized carbons (Fsp3) is 0.125. The summed E-state index contributed by atoms with van der Waals surface area (Å²) in [6, 6.07) is 0.172. The molecule has 0 saturated carbocycles. The summed E-state index contributed by atoms with van der Waals surface area (Å²) in [5.41, 5.74) is 4.80. The summed E-state index contributed by atoms with van der Waals surface area (Å²) in [7, 11) is 0. The van der Waals surface area contributed by atoms with E-state index in [4.69, 9.17) is 10.8 Å². The Hall–Kier alpha value is -0.760. The molecule has 0 saturated heterocycles. The van der Waals surface area contributed by atoms with Crippen molar-refractivity contribution in [2.24, 2.45) is 5.73 Å². The monoisotopic (exact) mass is 313 g/mol. The number of halogens is 3. The molecule has 1 aromatic rings. The number of benzene rings is 1. The molecule has 14 heavy (non-hydrogen) atoms. The second-order valence-electron chi connectivity index (χ2n) is 2.60. The molecule has 1 rings (SSSR count). The van der Waals surface area contributed by atoms with Gasteiger partial charge in [0.25, 0.3) is 0 Å². The van der Waals surface area contributed by atoms with E-state index in [9.17, 15) is 13.6 Å². The first-order valence-corrected chi connectivity index (χ1v) is 4.64. The third-order valence-electron chi connectivity index (χ3n) is 1.64. The van der Waals surface area contributed by atoms with Crippen LogP contribution in [0.1, 0.15) is 11.6 Å². The lowest BCUT2D eigenvalue weighted by Crippen LogP contribution is -2.22. The summed E-state index contributed by atoms with van der Waals surface area (Å²) in [5.74, 6) is -2.89. The largest absolute Gasteiger partial charge is 0.480 e. The predicted octanol–water partition coefficient (Wildman–Crippen LogP) is 1.65. The molecule has 0 bridgehead atoms. The molecule has 0 fully saturated rings. The highest BCUT2D eigenvalue weighted by Crippen LogP contribution is 2.20. The molecule has 0 amide bonds. The van der Waals surface area contributed by atoms with E-state index < -0.39 is 23.6 Å². The maximum Gasteiger partial charge on any atom is 0.325 e. The smallest absolute Gasteiger partial charge is 0.325 e. The summed E-state index contributed by atoms with van der Waals surface area (Å²) in [5, 5.41) is 8.50. The number of carbonyl (C=O) groups is 1. The summed E-state index contributed by atoms with van der Waals surface area (Å²) >= 11 is 1.60. The molecule has 0 spiro atoms. The van der Waals surface area contributed by atoms with Crippen LogP contribution in [0.3, 0.4) is 0 Å². The van der Waals surface area contributed by atoms with E-state index in [2.05, 4.69) is 0 Å². The molecule has 0 aliphatic rings. The zero-order chi connectivity index (χ0) is 10.9. The first-order chi connectivity index (χ1) is 6.43. The van der Waals surface area contributed by atoms with Gasteiger partial charge in [-0.1, -0.05) is 0 Å². The molecule has 0 heterocycles. The molecule has 0 unspecified atom stereocenters. The van der Waals surface area contributed by atoms with Gasteiger partial charge < -0.3 is 10.8 Å².